The molecule has 34 heavy (non-hydrogen) atoms. The molecule has 0 saturated carbocycles. The second-order valence-electron chi connectivity index (χ2n) is 9.13. The molecule has 0 fully saturated rings. The van der Waals surface area contributed by atoms with Gasteiger partial charge in [-0.3, -0.25) is 0 Å². The zero-order valence-electron chi connectivity index (χ0n) is 21.9. The summed E-state index contributed by atoms with van der Waals surface area (Å²) in [7, 11) is -2.85. The highest BCUT2D eigenvalue weighted by atomic mass is 28.4. The Hall–Kier alpha value is -1.86. The number of hydrogen-bond acceptors (Lipinski definition) is 2. The fourth-order valence-corrected chi connectivity index (χ4v) is 7.59. The van der Waals surface area contributed by atoms with Crippen LogP contribution in [0.5, 0.6) is 0 Å². The minimum Gasteiger partial charge on any atom is -0.388 e. The second kappa shape index (κ2) is 17.6. The Morgan fingerprint density at radius 2 is 1.24 bits per heavy atom. The van der Waals surface area contributed by atoms with E-state index in [4.69, 9.17) is 8.85 Å². The monoisotopic (exact) mass is 478 g/mol. The van der Waals surface area contributed by atoms with E-state index in [0.29, 0.717) is 0 Å². The van der Waals surface area contributed by atoms with Gasteiger partial charge in [0.15, 0.2) is 0 Å². The van der Waals surface area contributed by atoms with Crippen LogP contribution in [-0.2, 0) is 8.85 Å². The Kier molecular flexibility index (Phi) is 14.6. The highest BCUT2D eigenvalue weighted by Gasteiger charge is 2.44. The summed E-state index contributed by atoms with van der Waals surface area (Å²) in [6, 6.07) is 21.3. The molecule has 3 heteroatoms. The van der Waals surface area contributed by atoms with Gasteiger partial charge in [0.25, 0.3) is 0 Å². The number of unbranched alkanes of at least 4 members (excludes halogenated alkanes) is 8. The van der Waals surface area contributed by atoms with E-state index < -0.39 is 8.56 Å². The molecular formula is C31H46O2Si. The Morgan fingerprint density at radius 3 is 1.76 bits per heavy atom. The summed E-state index contributed by atoms with van der Waals surface area (Å²) in [4.78, 5) is 0. The third-order valence-corrected chi connectivity index (χ3v) is 9.69. The topological polar surface area (TPSA) is 18.5 Å². The van der Waals surface area contributed by atoms with Crippen molar-refractivity contribution in [3.8, 4) is 11.8 Å². The summed E-state index contributed by atoms with van der Waals surface area (Å²) in [6.07, 6.45) is 14.1. The van der Waals surface area contributed by atoms with Gasteiger partial charge in [0.05, 0.1) is 6.10 Å². The summed E-state index contributed by atoms with van der Waals surface area (Å²) < 4.78 is 13.9. The Labute approximate surface area is 210 Å². The molecule has 0 aromatic heterocycles. The molecule has 0 bridgehead atoms. The molecular weight excluding hydrogens is 432 g/mol. The van der Waals surface area contributed by atoms with Gasteiger partial charge in [-0.05, 0) is 29.6 Å². The van der Waals surface area contributed by atoms with E-state index in [9.17, 15) is 0 Å². The molecule has 0 N–H and O–H groups in total. The van der Waals surface area contributed by atoms with Crippen molar-refractivity contribution < 1.29 is 8.85 Å². The molecule has 186 valence electrons. The maximum Gasteiger partial charge on any atom is 0.407 e. The molecule has 0 aliphatic carbocycles. The van der Waals surface area contributed by atoms with Crippen molar-refractivity contribution in [2.24, 2.45) is 0 Å². The molecule has 0 amide bonds. The smallest absolute Gasteiger partial charge is 0.388 e. The average molecular weight is 479 g/mol. The van der Waals surface area contributed by atoms with Crippen LogP contribution in [0.15, 0.2) is 60.7 Å². The van der Waals surface area contributed by atoms with Crippen molar-refractivity contribution in [3.05, 3.63) is 60.7 Å². The van der Waals surface area contributed by atoms with Crippen LogP contribution < -0.4 is 10.4 Å². The zero-order chi connectivity index (χ0) is 24.3. The van der Waals surface area contributed by atoms with Crippen molar-refractivity contribution in [3.63, 3.8) is 0 Å². The highest BCUT2D eigenvalue weighted by molar-refractivity contribution is 6.92. The Bertz CT molecular complexity index is 770. The molecule has 2 aromatic carbocycles. The van der Waals surface area contributed by atoms with Gasteiger partial charge in [-0.15, -0.1) is 11.8 Å². The molecule has 0 aliphatic rings. The van der Waals surface area contributed by atoms with Crippen molar-refractivity contribution >= 4 is 18.9 Å². The van der Waals surface area contributed by atoms with Gasteiger partial charge in [0.1, 0.15) is 0 Å². The zero-order valence-corrected chi connectivity index (χ0v) is 22.9. The van der Waals surface area contributed by atoms with Crippen LogP contribution in [0.2, 0.25) is 0 Å². The number of benzene rings is 2. The van der Waals surface area contributed by atoms with Crippen LogP contribution in [0.4, 0.5) is 0 Å². The number of rotatable bonds is 17. The summed E-state index contributed by atoms with van der Waals surface area (Å²) >= 11 is 0. The van der Waals surface area contributed by atoms with Crippen molar-refractivity contribution in [2.75, 3.05) is 6.61 Å². The normalized spacial score (nSPS) is 12.2. The summed E-state index contributed by atoms with van der Waals surface area (Å²) in [5.74, 6) is 6.65. The van der Waals surface area contributed by atoms with Crippen molar-refractivity contribution in [2.45, 2.75) is 104 Å². The van der Waals surface area contributed by atoms with E-state index >= 15 is 0 Å². The fraction of sp³-hybridized carbons (Fsp3) is 0.548. The lowest BCUT2D eigenvalue weighted by atomic mass is 10.1. The number of hydrogen-bond donors (Lipinski definition) is 0. The predicted octanol–water partition coefficient (Wildman–Crippen LogP) is 7.39. The lowest BCUT2D eigenvalue weighted by molar-refractivity contribution is 0.129. The van der Waals surface area contributed by atoms with Gasteiger partial charge in [-0.25, -0.2) is 0 Å². The van der Waals surface area contributed by atoms with Crippen LogP contribution in [0.25, 0.3) is 0 Å². The molecule has 2 rings (SSSR count). The molecule has 1 unspecified atom stereocenters. The lowest BCUT2D eigenvalue weighted by Crippen LogP contribution is -2.64. The lowest BCUT2D eigenvalue weighted by Gasteiger charge is -2.34. The Balaban J connectivity index is 2.16. The van der Waals surface area contributed by atoms with Gasteiger partial charge < -0.3 is 8.85 Å². The van der Waals surface area contributed by atoms with Gasteiger partial charge in [-0.2, -0.15) is 0 Å². The van der Waals surface area contributed by atoms with E-state index in [2.05, 4.69) is 93.3 Å². The molecule has 2 nitrogen and oxygen atoms in total. The van der Waals surface area contributed by atoms with Crippen LogP contribution in [-0.4, -0.2) is 21.3 Å². The Morgan fingerprint density at radius 1 is 0.676 bits per heavy atom. The largest absolute Gasteiger partial charge is 0.407 e. The standard InChI is InChI=1S/C31H46O2Si/c1-4-7-9-11-12-13-14-22-28-32-34(30-24-18-15-19-25-30,31-26-20-16-21-27-31)33-29(6-3)23-17-10-8-5-2/h15-16,18-21,24-27,29H,4-9,11-14,22-23,28H2,1-3H3. The van der Waals surface area contributed by atoms with E-state index in [-0.39, 0.29) is 6.10 Å². The first-order chi connectivity index (χ1) is 16.8. The maximum atomic E-state index is 7.03. The molecule has 2 aromatic rings. The summed E-state index contributed by atoms with van der Waals surface area (Å²) in [6.45, 7) is 7.38. The molecule has 1 atom stereocenters. The van der Waals surface area contributed by atoms with Crippen LogP contribution in [0, 0.1) is 11.8 Å². The van der Waals surface area contributed by atoms with Crippen molar-refractivity contribution in [1.82, 2.24) is 0 Å². The first-order valence-electron chi connectivity index (χ1n) is 13.6. The molecule has 0 radical (unpaired) electrons. The minimum absolute atomic E-state index is 0.0648. The first kappa shape index (κ1) is 28.4. The maximum absolute atomic E-state index is 7.03. The van der Waals surface area contributed by atoms with Gasteiger partial charge in [0, 0.05) is 19.4 Å². The van der Waals surface area contributed by atoms with Crippen molar-refractivity contribution in [1.29, 1.82) is 0 Å². The second-order valence-corrected chi connectivity index (χ2v) is 12.0. The highest BCUT2D eigenvalue weighted by Crippen LogP contribution is 2.18. The molecule has 0 saturated heterocycles. The SMILES string of the molecule is CCCC#CCC(CC)O[Si](OCCCCCCCCCC)(c1ccccc1)c1ccccc1. The predicted molar refractivity (Wildman–Crippen MR) is 149 cm³/mol. The van der Waals surface area contributed by atoms with E-state index in [1.165, 1.54) is 55.3 Å². The molecule has 0 spiro atoms. The van der Waals surface area contributed by atoms with E-state index in [0.717, 1.165) is 38.7 Å². The quantitative estimate of drug-likeness (QED) is 0.134. The van der Waals surface area contributed by atoms with Gasteiger partial charge >= 0.3 is 8.56 Å². The fourth-order valence-electron chi connectivity index (χ4n) is 4.17. The van der Waals surface area contributed by atoms with Crippen LogP contribution in [0.3, 0.4) is 0 Å². The summed E-state index contributed by atoms with van der Waals surface area (Å²) in [5.41, 5.74) is 0. The average Bonchev–Trinajstić information content (AvgIpc) is 2.89. The van der Waals surface area contributed by atoms with Gasteiger partial charge in [-0.1, -0.05) is 126 Å². The minimum atomic E-state index is -2.85. The molecule has 0 aliphatic heterocycles. The first-order valence-corrected chi connectivity index (χ1v) is 15.5. The van der Waals surface area contributed by atoms with Crippen LogP contribution >= 0.6 is 0 Å². The third kappa shape index (κ3) is 9.78. The van der Waals surface area contributed by atoms with Gasteiger partial charge in [0.2, 0.25) is 0 Å². The van der Waals surface area contributed by atoms with Crippen LogP contribution in [0.1, 0.15) is 97.8 Å². The van der Waals surface area contributed by atoms with E-state index in [1.54, 1.807) is 0 Å². The van der Waals surface area contributed by atoms with E-state index in [1.807, 2.05) is 0 Å². The third-order valence-electron chi connectivity index (χ3n) is 6.23. The summed E-state index contributed by atoms with van der Waals surface area (Å²) in [5, 5.41) is 2.36. The molecule has 0 heterocycles.